The van der Waals surface area contributed by atoms with Crippen molar-refractivity contribution in [3.05, 3.63) is 47.3 Å². The molecule has 7 nitrogen and oxygen atoms in total. The molecular formula is C21H22FN3O4. The predicted molar refractivity (Wildman–Crippen MR) is 109 cm³/mol. The van der Waals surface area contributed by atoms with Gasteiger partial charge in [-0.3, -0.25) is 0 Å². The summed E-state index contributed by atoms with van der Waals surface area (Å²) in [5, 5.41) is 0. The molecule has 0 N–H and O–H groups in total. The molecule has 0 atom stereocenters. The van der Waals surface area contributed by atoms with Gasteiger partial charge in [-0.05, 0) is 49.2 Å². The molecule has 0 bridgehead atoms. The maximum absolute atomic E-state index is 13.8. The fraction of sp³-hybridized carbons (Fsp3) is 0.286. The summed E-state index contributed by atoms with van der Waals surface area (Å²) < 4.78 is 29.7. The molecular weight excluding hydrogens is 377 g/mol. The average Bonchev–Trinajstić information content (AvgIpc) is 2.91. The van der Waals surface area contributed by atoms with Crippen LogP contribution in [-0.2, 0) is 11.2 Å². The molecule has 2 aromatic carbocycles. The number of hydrogen-bond acceptors (Lipinski definition) is 6. The van der Waals surface area contributed by atoms with Crippen LogP contribution < -0.4 is 14.4 Å². The van der Waals surface area contributed by atoms with Gasteiger partial charge in [-0.2, -0.15) is 0 Å². The van der Waals surface area contributed by atoms with E-state index in [1.807, 2.05) is 0 Å². The third-order valence-electron chi connectivity index (χ3n) is 4.45. The van der Waals surface area contributed by atoms with Crippen molar-refractivity contribution in [1.82, 2.24) is 0 Å². The van der Waals surface area contributed by atoms with E-state index in [1.165, 1.54) is 23.4 Å². The zero-order valence-electron chi connectivity index (χ0n) is 16.7. The van der Waals surface area contributed by atoms with E-state index in [-0.39, 0.29) is 18.8 Å². The number of hydrogen-bond donors (Lipinski definition) is 0. The molecule has 0 saturated heterocycles. The van der Waals surface area contributed by atoms with Crippen molar-refractivity contribution in [3.63, 3.8) is 0 Å². The molecule has 0 aliphatic carbocycles. The van der Waals surface area contributed by atoms with Crippen LogP contribution in [0.3, 0.4) is 0 Å². The topological polar surface area (TPSA) is 72.7 Å². The summed E-state index contributed by atoms with van der Waals surface area (Å²) in [6.07, 6.45) is 1.05. The first-order chi connectivity index (χ1) is 14.0. The molecule has 0 spiro atoms. The number of amides is 1. The van der Waals surface area contributed by atoms with Crippen molar-refractivity contribution in [2.24, 2.45) is 9.98 Å². The molecule has 0 aromatic heterocycles. The molecule has 152 valence electrons. The summed E-state index contributed by atoms with van der Waals surface area (Å²) in [5.41, 5.74) is 2.31. The Morgan fingerprint density at radius 3 is 2.55 bits per heavy atom. The molecule has 0 fully saturated rings. The fourth-order valence-electron chi connectivity index (χ4n) is 3.00. The monoisotopic (exact) mass is 399 g/mol. The Labute approximate surface area is 168 Å². The van der Waals surface area contributed by atoms with E-state index >= 15 is 0 Å². The quantitative estimate of drug-likeness (QED) is 0.762. The maximum Gasteiger partial charge on any atom is 0.419 e. The van der Waals surface area contributed by atoms with E-state index in [0.717, 1.165) is 5.56 Å². The third kappa shape index (κ3) is 4.21. The summed E-state index contributed by atoms with van der Waals surface area (Å²) in [5.74, 6) is 1.12. The van der Waals surface area contributed by atoms with Gasteiger partial charge in [0.15, 0.2) is 11.5 Å². The van der Waals surface area contributed by atoms with Gasteiger partial charge in [0.05, 0.1) is 32.2 Å². The van der Waals surface area contributed by atoms with Crippen LogP contribution >= 0.6 is 0 Å². The predicted octanol–water partition coefficient (Wildman–Crippen LogP) is 4.43. The molecule has 1 amide bonds. The van der Waals surface area contributed by atoms with Gasteiger partial charge in [-0.25, -0.2) is 24.1 Å². The number of ether oxygens (including phenoxy) is 3. The van der Waals surface area contributed by atoms with Crippen LogP contribution in [0.5, 0.6) is 11.5 Å². The Hall–Kier alpha value is -3.42. The second-order valence-electron chi connectivity index (χ2n) is 6.27. The van der Waals surface area contributed by atoms with E-state index in [4.69, 9.17) is 14.2 Å². The van der Waals surface area contributed by atoms with Crippen molar-refractivity contribution in [1.29, 1.82) is 0 Å². The first-order valence-electron chi connectivity index (χ1n) is 9.05. The minimum absolute atomic E-state index is 0.193. The number of rotatable bonds is 4. The standard InChI is InChI=1S/C21H22FN3O4/c1-5-29-21(26)25(15-6-7-16(22)13(2)8-15)20-10-14-9-18(27-3)19(28-4)11-17(14)23-12-24-20/h6-9,11-12H,5,10H2,1-4H3. The van der Waals surface area contributed by atoms with Gasteiger partial charge < -0.3 is 14.2 Å². The lowest BCUT2D eigenvalue weighted by Gasteiger charge is -2.24. The van der Waals surface area contributed by atoms with Gasteiger partial charge >= 0.3 is 6.09 Å². The smallest absolute Gasteiger partial charge is 0.419 e. The van der Waals surface area contributed by atoms with Crippen molar-refractivity contribution in [2.75, 3.05) is 25.7 Å². The molecule has 1 aliphatic rings. The average molecular weight is 399 g/mol. The number of amidine groups is 1. The molecule has 0 radical (unpaired) electrons. The summed E-state index contributed by atoms with van der Waals surface area (Å²) in [6, 6.07) is 7.95. The lowest BCUT2D eigenvalue weighted by molar-refractivity contribution is 0.163. The Morgan fingerprint density at radius 1 is 1.17 bits per heavy atom. The number of carbonyl (C=O) groups excluding carboxylic acids is 1. The van der Waals surface area contributed by atoms with Crippen LogP contribution in [0.2, 0.25) is 0 Å². The van der Waals surface area contributed by atoms with Gasteiger partial charge in [0.2, 0.25) is 0 Å². The van der Waals surface area contributed by atoms with Gasteiger partial charge in [0, 0.05) is 12.5 Å². The highest BCUT2D eigenvalue weighted by atomic mass is 19.1. The Kier molecular flexibility index (Phi) is 6.11. The molecule has 1 heterocycles. The number of fused-ring (bicyclic) bond motifs is 1. The van der Waals surface area contributed by atoms with Crippen molar-refractivity contribution < 1.29 is 23.4 Å². The van der Waals surface area contributed by atoms with E-state index in [2.05, 4.69) is 9.98 Å². The van der Waals surface area contributed by atoms with E-state index < -0.39 is 6.09 Å². The van der Waals surface area contributed by atoms with Crippen molar-refractivity contribution >= 4 is 29.6 Å². The third-order valence-corrected chi connectivity index (χ3v) is 4.45. The zero-order chi connectivity index (χ0) is 21.0. The number of benzene rings is 2. The van der Waals surface area contributed by atoms with Gasteiger partial charge in [0.1, 0.15) is 18.0 Å². The number of carbonyl (C=O) groups is 1. The fourth-order valence-corrected chi connectivity index (χ4v) is 3.00. The molecule has 29 heavy (non-hydrogen) atoms. The van der Waals surface area contributed by atoms with Crippen molar-refractivity contribution in [2.45, 2.75) is 20.3 Å². The van der Waals surface area contributed by atoms with Gasteiger partial charge in [-0.15, -0.1) is 0 Å². The summed E-state index contributed by atoms with van der Waals surface area (Å²) >= 11 is 0. The molecule has 0 saturated carbocycles. The highest BCUT2D eigenvalue weighted by molar-refractivity contribution is 6.17. The second-order valence-corrected chi connectivity index (χ2v) is 6.27. The highest BCUT2D eigenvalue weighted by Gasteiger charge is 2.26. The van der Waals surface area contributed by atoms with E-state index in [1.54, 1.807) is 46.3 Å². The zero-order valence-corrected chi connectivity index (χ0v) is 16.7. The molecule has 3 rings (SSSR count). The van der Waals surface area contributed by atoms with Gasteiger partial charge in [0.25, 0.3) is 0 Å². The SMILES string of the molecule is CCOC(=O)N(C1=NC=Nc2cc(OC)c(OC)cc2C1)c1ccc(F)c(C)c1. The van der Waals surface area contributed by atoms with Crippen LogP contribution in [0.4, 0.5) is 20.6 Å². The number of halogens is 1. The number of nitrogens with zero attached hydrogens (tertiary/aromatic N) is 3. The summed E-state index contributed by atoms with van der Waals surface area (Å²) in [6.45, 7) is 3.54. The van der Waals surface area contributed by atoms with E-state index in [9.17, 15) is 9.18 Å². The maximum atomic E-state index is 13.8. The van der Waals surface area contributed by atoms with Crippen LogP contribution in [0.15, 0.2) is 40.3 Å². The van der Waals surface area contributed by atoms with Crippen LogP contribution in [-0.4, -0.2) is 39.1 Å². The molecule has 1 aliphatic heterocycles. The highest BCUT2D eigenvalue weighted by Crippen LogP contribution is 2.36. The van der Waals surface area contributed by atoms with Crippen LogP contribution in [0.1, 0.15) is 18.1 Å². The Morgan fingerprint density at radius 2 is 1.90 bits per heavy atom. The number of methoxy groups -OCH3 is 2. The van der Waals surface area contributed by atoms with E-state index in [0.29, 0.717) is 34.3 Å². The Bertz CT molecular complexity index is 988. The molecule has 2 aromatic rings. The number of aliphatic imine (C=N–C) groups is 2. The lowest BCUT2D eigenvalue weighted by atomic mass is 10.1. The molecule has 8 heteroatoms. The summed E-state index contributed by atoms with van der Waals surface area (Å²) in [7, 11) is 3.09. The first-order valence-corrected chi connectivity index (χ1v) is 9.05. The van der Waals surface area contributed by atoms with Gasteiger partial charge in [-0.1, -0.05) is 0 Å². The first kappa shape index (κ1) is 20.3. The largest absolute Gasteiger partial charge is 0.493 e. The molecule has 0 unspecified atom stereocenters. The van der Waals surface area contributed by atoms with Crippen LogP contribution in [0, 0.1) is 12.7 Å². The number of anilines is 1. The van der Waals surface area contributed by atoms with Crippen LogP contribution in [0.25, 0.3) is 0 Å². The number of aryl methyl sites for hydroxylation is 1. The lowest BCUT2D eigenvalue weighted by Crippen LogP contribution is -2.38. The second kappa shape index (κ2) is 8.72. The normalized spacial score (nSPS) is 12.5. The summed E-state index contributed by atoms with van der Waals surface area (Å²) in [4.78, 5) is 22.8. The Balaban J connectivity index is 2.05. The van der Waals surface area contributed by atoms with Crippen molar-refractivity contribution in [3.8, 4) is 11.5 Å². The minimum atomic E-state index is -0.602. The minimum Gasteiger partial charge on any atom is -0.493 e.